The Kier molecular flexibility index (Phi) is 5.24. The van der Waals surface area contributed by atoms with Gasteiger partial charge >= 0.3 is 5.97 Å². The van der Waals surface area contributed by atoms with Gasteiger partial charge in [0.1, 0.15) is 0 Å². The molecule has 0 N–H and O–H groups in total. The van der Waals surface area contributed by atoms with Crippen molar-refractivity contribution in [2.75, 3.05) is 0 Å². The molecule has 6 rings (SSSR count). The molecule has 3 heterocycles. The van der Waals surface area contributed by atoms with Crippen molar-refractivity contribution >= 4 is 39.9 Å². The first kappa shape index (κ1) is 20.5. The van der Waals surface area contributed by atoms with Gasteiger partial charge in [0.25, 0.3) is 5.89 Å². The van der Waals surface area contributed by atoms with Crippen LogP contribution in [-0.2, 0) is 17.8 Å². The van der Waals surface area contributed by atoms with Crippen LogP contribution in [0.2, 0.25) is 0 Å². The van der Waals surface area contributed by atoms with Gasteiger partial charge in [-0.3, -0.25) is 0 Å². The van der Waals surface area contributed by atoms with E-state index >= 15 is 0 Å². The van der Waals surface area contributed by atoms with Crippen LogP contribution in [0.4, 0.5) is 0 Å². The Balaban J connectivity index is 1.32. The zero-order valence-corrected chi connectivity index (χ0v) is 18.9. The maximum Gasteiger partial charge on any atom is 0.339 e. The largest absolute Gasteiger partial charge is 0.452 e. The second kappa shape index (κ2) is 8.68. The number of hydrogen-bond acceptors (Lipinski definition) is 7. The monoisotopic (exact) mass is 465 g/mol. The molecular formula is C27H19N3O3S. The third-order valence-corrected chi connectivity index (χ3v) is 6.64. The summed E-state index contributed by atoms with van der Waals surface area (Å²) in [6, 6.07) is 21.3. The number of pyridine rings is 1. The van der Waals surface area contributed by atoms with Gasteiger partial charge in [0, 0.05) is 15.8 Å². The third-order valence-electron chi connectivity index (χ3n) is 5.82. The summed E-state index contributed by atoms with van der Waals surface area (Å²) in [5, 5.41) is 10.9. The van der Waals surface area contributed by atoms with Crippen molar-refractivity contribution in [1.82, 2.24) is 15.2 Å². The fraction of sp³-hybridized carbons (Fsp3) is 0.111. The summed E-state index contributed by atoms with van der Waals surface area (Å²) in [6.45, 7) is -0.0953. The molecule has 166 valence electrons. The van der Waals surface area contributed by atoms with Gasteiger partial charge in [-0.15, -0.1) is 21.5 Å². The topological polar surface area (TPSA) is 78.1 Å². The number of rotatable bonds is 5. The van der Waals surface area contributed by atoms with Gasteiger partial charge in [0.2, 0.25) is 5.89 Å². The lowest BCUT2D eigenvalue weighted by molar-refractivity contribution is 0.0440. The van der Waals surface area contributed by atoms with E-state index in [9.17, 15) is 4.79 Å². The van der Waals surface area contributed by atoms with E-state index in [1.165, 1.54) is 4.88 Å². The van der Waals surface area contributed by atoms with Gasteiger partial charge in [-0.2, -0.15) is 0 Å². The molecule has 0 bridgehead atoms. The highest BCUT2D eigenvalue weighted by molar-refractivity contribution is 7.10. The fourth-order valence-corrected chi connectivity index (χ4v) is 4.95. The summed E-state index contributed by atoms with van der Waals surface area (Å²) in [5.74, 6) is 0.234. The van der Waals surface area contributed by atoms with Gasteiger partial charge in [-0.1, -0.05) is 42.5 Å². The Morgan fingerprint density at radius 2 is 1.85 bits per heavy atom. The fourth-order valence-electron chi connectivity index (χ4n) is 4.27. The summed E-state index contributed by atoms with van der Waals surface area (Å²) in [5.41, 5.74) is 5.11. The zero-order valence-electron chi connectivity index (χ0n) is 18.1. The third kappa shape index (κ3) is 3.80. The van der Waals surface area contributed by atoms with Gasteiger partial charge in [-0.25, -0.2) is 9.78 Å². The molecule has 0 fully saturated rings. The molecule has 0 radical (unpaired) electrons. The number of fused-ring (bicyclic) bond motifs is 2. The van der Waals surface area contributed by atoms with E-state index in [4.69, 9.17) is 14.1 Å². The normalized spacial score (nSPS) is 13.9. The SMILES string of the molecule is O=C(OCc1nnc(-c2ccccc2)o1)c1c2c(nc3ccccc13)/C(=C\c1cccs1)CC2. The maximum absolute atomic E-state index is 13.3. The molecule has 0 saturated heterocycles. The molecule has 0 aliphatic heterocycles. The van der Waals surface area contributed by atoms with Crippen molar-refractivity contribution < 1.29 is 13.9 Å². The van der Waals surface area contributed by atoms with Crippen LogP contribution in [0.1, 0.15) is 38.8 Å². The van der Waals surface area contributed by atoms with Crippen LogP contribution in [0.3, 0.4) is 0 Å². The molecule has 1 aliphatic carbocycles. The number of esters is 1. The van der Waals surface area contributed by atoms with E-state index in [1.54, 1.807) is 11.3 Å². The molecule has 0 amide bonds. The van der Waals surface area contributed by atoms with Crippen LogP contribution in [0, 0.1) is 0 Å². The van der Waals surface area contributed by atoms with Crippen molar-refractivity contribution in [3.63, 3.8) is 0 Å². The van der Waals surface area contributed by atoms with E-state index in [-0.39, 0.29) is 12.5 Å². The van der Waals surface area contributed by atoms with Crippen LogP contribution >= 0.6 is 11.3 Å². The molecule has 3 aromatic heterocycles. The molecule has 0 unspecified atom stereocenters. The minimum atomic E-state index is -0.410. The highest BCUT2D eigenvalue weighted by Crippen LogP contribution is 2.38. The maximum atomic E-state index is 13.3. The smallest absolute Gasteiger partial charge is 0.339 e. The number of thiophene rings is 1. The quantitative estimate of drug-likeness (QED) is 0.288. The number of allylic oxidation sites excluding steroid dienone is 1. The second-order valence-corrected chi connectivity index (χ2v) is 8.94. The van der Waals surface area contributed by atoms with Gasteiger partial charge in [-0.05, 0) is 59.7 Å². The van der Waals surface area contributed by atoms with Crippen LogP contribution in [-0.4, -0.2) is 21.2 Å². The molecular weight excluding hydrogens is 446 g/mol. The highest BCUT2D eigenvalue weighted by Gasteiger charge is 2.28. The van der Waals surface area contributed by atoms with Crippen molar-refractivity contribution in [2.45, 2.75) is 19.4 Å². The Morgan fingerprint density at radius 1 is 1.00 bits per heavy atom. The number of benzene rings is 2. The lowest BCUT2D eigenvalue weighted by atomic mass is 10.0. The molecule has 7 heteroatoms. The minimum absolute atomic E-state index is 0.0953. The number of ether oxygens (including phenoxy) is 1. The van der Waals surface area contributed by atoms with Crippen molar-refractivity contribution in [2.24, 2.45) is 0 Å². The molecule has 1 aliphatic rings. The van der Waals surface area contributed by atoms with Crippen LogP contribution in [0.5, 0.6) is 0 Å². The number of carbonyl (C=O) groups excluding carboxylic acids is 1. The minimum Gasteiger partial charge on any atom is -0.452 e. The van der Waals surface area contributed by atoms with Crippen molar-refractivity contribution in [3.8, 4) is 11.5 Å². The van der Waals surface area contributed by atoms with E-state index in [0.717, 1.165) is 46.1 Å². The summed E-state index contributed by atoms with van der Waals surface area (Å²) in [4.78, 5) is 19.4. The summed E-state index contributed by atoms with van der Waals surface area (Å²) in [7, 11) is 0. The molecule has 0 spiro atoms. The Hall–Kier alpha value is -4.10. The van der Waals surface area contributed by atoms with Crippen molar-refractivity contribution in [3.05, 3.63) is 99.7 Å². The van der Waals surface area contributed by atoms with E-state index in [1.807, 2.05) is 60.7 Å². The lowest BCUT2D eigenvalue weighted by Gasteiger charge is -2.11. The Labute approximate surface area is 199 Å². The number of carbonyl (C=O) groups is 1. The Bertz CT molecular complexity index is 1520. The first-order valence-electron chi connectivity index (χ1n) is 11.0. The number of hydrogen-bond donors (Lipinski definition) is 0. The predicted molar refractivity (Wildman–Crippen MR) is 131 cm³/mol. The van der Waals surface area contributed by atoms with Gasteiger partial charge in [0.05, 0.1) is 16.8 Å². The van der Waals surface area contributed by atoms with E-state index in [0.29, 0.717) is 11.5 Å². The first-order chi connectivity index (χ1) is 16.8. The van der Waals surface area contributed by atoms with Crippen LogP contribution in [0.25, 0.3) is 34.0 Å². The molecule has 0 atom stereocenters. The molecule has 0 saturated carbocycles. The van der Waals surface area contributed by atoms with Crippen LogP contribution in [0.15, 0.2) is 76.5 Å². The number of para-hydroxylation sites is 1. The first-order valence-corrected chi connectivity index (χ1v) is 11.9. The molecule has 2 aromatic carbocycles. The van der Waals surface area contributed by atoms with Gasteiger partial charge in [0.15, 0.2) is 6.61 Å². The van der Waals surface area contributed by atoms with E-state index in [2.05, 4.69) is 27.7 Å². The number of nitrogens with zero attached hydrogens (tertiary/aromatic N) is 3. The standard InChI is InChI=1S/C27H19N3O3S/c31-27(32-16-23-29-30-26(33-23)17-7-2-1-3-8-17)24-20-10-4-5-11-22(20)28-25-18(12-13-21(24)25)15-19-9-6-14-34-19/h1-11,14-15H,12-13,16H2/b18-15-. The number of aromatic nitrogens is 3. The van der Waals surface area contributed by atoms with Gasteiger partial charge < -0.3 is 9.15 Å². The second-order valence-electron chi connectivity index (χ2n) is 7.96. The lowest BCUT2D eigenvalue weighted by Crippen LogP contribution is -2.10. The summed E-state index contributed by atoms with van der Waals surface area (Å²) >= 11 is 1.69. The summed E-state index contributed by atoms with van der Waals surface area (Å²) < 4.78 is 11.3. The highest BCUT2D eigenvalue weighted by atomic mass is 32.1. The van der Waals surface area contributed by atoms with Crippen molar-refractivity contribution in [1.29, 1.82) is 0 Å². The predicted octanol–water partition coefficient (Wildman–Crippen LogP) is 6.19. The Morgan fingerprint density at radius 3 is 2.71 bits per heavy atom. The average Bonchev–Trinajstić information content (AvgIpc) is 3.64. The molecule has 6 nitrogen and oxygen atoms in total. The average molecular weight is 466 g/mol. The molecule has 34 heavy (non-hydrogen) atoms. The summed E-state index contributed by atoms with van der Waals surface area (Å²) in [6.07, 6.45) is 3.74. The zero-order chi connectivity index (χ0) is 22.9. The molecule has 5 aromatic rings. The van der Waals surface area contributed by atoms with E-state index < -0.39 is 5.97 Å². The van der Waals surface area contributed by atoms with Crippen LogP contribution < -0.4 is 0 Å².